The third-order valence-corrected chi connectivity index (χ3v) is 2.83. The molecule has 82 valence electrons. The van der Waals surface area contributed by atoms with E-state index >= 15 is 0 Å². The zero-order valence-electron chi connectivity index (χ0n) is 8.60. The van der Waals surface area contributed by atoms with Gasteiger partial charge in [0, 0.05) is 10.0 Å². The predicted molar refractivity (Wildman–Crippen MR) is 66.6 cm³/mol. The fourth-order valence-corrected chi connectivity index (χ4v) is 2.01. The third kappa shape index (κ3) is 2.37. The highest BCUT2D eigenvalue weighted by Crippen LogP contribution is 2.29. The van der Waals surface area contributed by atoms with Crippen LogP contribution in [0, 0.1) is 12.7 Å². The Kier molecular flexibility index (Phi) is 3.17. The van der Waals surface area contributed by atoms with E-state index in [0.29, 0.717) is 10.0 Å². The van der Waals surface area contributed by atoms with E-state index in [1.54, 1.807) is 12.1 Å². The van der Waals surface area contributed by atoms with Crippen LogP contribution in [0.15, 0.2) is 36.4 Å². The predicted octanol–water partition coefficient (Wildman–Crippen LogP) is 5.11. The molecule has 0 aliphatic carbocycles. The molecule has 0 nitrogen and oxygen atoms in total. The van der Waals surface area contributed by atoms with E-state index in [-0.39, 0.29) is 5.82 Å². The molecule has 0 saturated heterocycles. The number of rotatable bonds is 1. The van der Waals surface area contributed by atoms with Crippen LogP contribution < -0.4 is 0 Å². The van der Waals surface area contributed by atoms with Crippen molar-refractivity contribution in [3.05, 3.63) is 57.8 Å². The molecule has 0 aromatic heterocycles. The number of benzene rings is 2. The van der Waals surface area contributed by atoms with Crippen molar-refractivity contribution in [2.75, 3.05) is 0 Å². The fraction of sp³-hybridized carbons (Fsp3) is 0.0769. The minimum atomic E-state index is -0.345. The van der Waals surface area contributed by atoms with Gasteiger partial charge in [-0.3, -0.25) is 0 Å². The first-order chi connectivity index (χ1) is 7.56. The molecule has 0 fully saturated rings. The third-order valence-electron chi connectivity index (χ3n) is 2.37. The number of aryl methyl sites for hydroxylation is 1. The molecule has 0 atom stereocenters. The molecule has 16 heavy (non-hydrogen) atoms. The molecule has 0 radical (unpaired) electrons. The van der Waals surface area contributed by atoms with Crippen LogP contribution in [-0.4, -0.2) is 0 Å². The van der Waals surface area contributed by atoms with Crippen LogP contribution in [0.1, 0.15) is 5.56 Å². The molecule has 0 N–H and O–H groups in total. The van der Waals surface area contributed by atoms with Crippen LogP contribution in [0.25, 0.3) is 11.1 Å². The van der Waals surface area contributed by atoms with Crippen LogP contribution in [0.2, 0.25) is 10.0 Å². The molecule has 0 spiro atoms. The quantitative estimate of drug-likeness (QED) is 0.664. The van der Waals surface area contributed by atoms with Gasteiger partial charge in [0.2, 0.25) is 0 Å². The van der Waals surface area contributed by atoms with Gasteiger partial charge in [0.15, 0.2) is 0 Å². The van der Waals surface area contributed by atoms with Crippen LogP contribution in [0.3, 0.4) is 0 Å². The molecule has 0 amide bonds. The highest BCUT2D eigenvalue weighted by Gasteiger charge is 2.05. The summed E-state index contributed by atoms with van der Waals surface area (Å²) in [5.74, 6) is -0.345. The van der Waals surface area contributed by atoms with Crippen molar-refractivity contribution in [1.29, 1.82) is 0 Å². The van der Waals surface area contributed by atoms with Crippen molar-refractivity contribution in [1.82, 2.24) is 0 Å². The van der Waals surface area contributed by atoms with Crippen molar-refractivity contribution >= 4 is 23.2 Å². The topological polar surface area (TPSA) is 0 Å². The molecule has 2 aromatic carbocycles. The maximum atomic E-state index is 13.2. The standard InChI is InChI=1S/C13H9Cl2F/c1-8-2-3-10(14)7-13(8)9-4-11(15)6-12(16)5-9/h2-7H,1H3. The second-order valence-corrected chi connectivity index (χ2v) is 4.49. The Morgan fingerprint density at radius 3 is 2.38 bits per heavy atom. The van der Waals surface area contributed by atoms with Gasteiger partial charge in [-0.2, -0.15) is 0 Å². The minimum Gasteiger partial charge on any atom is -0.207 e. The summed E-state index contributed by atoms with van der Waals surface area (Å²) in [5.41, 5.74) is 2.67. The van der Waals surface area contributed by atoms with Gasteiger partial charge in [-0.1, -0.05) is 29.3 Å². The van der Waals surface area contributed by atoms with Crippen molar-refractivity contribution in [3.8, 4) is 11.1 Å². The summed E-state index contributed by atoms with van der Waals surface area (Å²) in [4.78, 5) is 0. The average Bonchev–Trinajstić information content (AvgIpc) is 2.20. The Labute approximate surface area is 104 Å². The monoisotopic (exact) mass is 254 g/mol. The van der Waals surface area contributed by atoms with Gasteiger partial charge < -0.3 is 0 Å². The van der Waals surface area contributed by atoms with E-state index in [1.165, 1.54) is 12.1 Å². The molecular weight excluding hydrogens is 246 g/mol. The second-order valence-electron chi connectivity index (χ2n) is 3.62. The van der Waals surface area contributed by atoms with Gasteiger partial charge in [-0.15, -0.1) is 0 Å². The summed E-state index contributed by atoms with van der Waals surface area (Å²) in [5, 5.41) is 1.01. The summed E-state index contributed by atoms with van der Waals surface area (Å²) in [7, 11) is 0. The lowest BCUT2D eigenvalue weighted by molar-refractivity contribution is 0.628. The van der Waals surface area contributed by atoms with Gasteiger partial charge in [0.1, 0.15) is 5.82 Å². The van der Waals surface area contributed by atoms with E-state index in [1.807, 2.05) is 19.1 Å². The lowest BCUT2D eigenvalue weighted by Gasteiger charge is -2.07. The highest BCUT2D eigenvalue weighted by molar-refractivity contribution is 6.31. The normalized spacial score (nSPS) is 10.5. The first kappa shape index (κ1) is 11.4. The lowest BCUT2D eigenvalue weighted by Crippen LogP contribution is -1.85. The van der Waals surface area contributed by atoms with E-state index in [2.05, 4.69) is 0 Å². The van der Waals surface area contributed by atoms with Crippen molar-refractivity contribution in [2.45, 2.75) is 6.92 Å². The Morgan fingerprint density at radius 1 is 0.938 bits per heavy atom. The van der Waals surface area contributed by atoms with Gasteiger partial charge in [-0.05, 0) is 53.9 Å². The Bertz CT molecular complexity index is 515. The molecule has 0 aliphatic heterocycles. The van der Waals surface area contributed by atoms with E-state index in [9.17, 15) is 4.39 Å². The van der Waals surface area contributed by atoms with Gasteiger partial charge in [0.05, 0.1) is 0 Å². The number of halogens is 3. The summed E-state index contributed by atoms with van der Waals surface area (Å²) < 4.78 is 13.2. The molecule has 0 bridgehead atoms. The zero-order chi connectivity index (χ0) is 11.7. The second kappa shape index (κ2) is 4.44. The molecule has 0 heterocycles. The Balaban J connectivity index is 2.62. The molecule has 2 aromatic rings. The minimum absolute atomic E-state index is 0.345. The van der Waals surface area contributed by atoms with Gasteiger partial charge in [0.25, 0.3) is 0 Å². The van der Waals surface area contributed by atoms with Crippen LogP contribution in [-0.2, 0) is 0 Å². The summed E-state index contributed by atoms with van der Waals surface area (Å²) in [6.07, 6.45) is 0. The van der Waals surface area contributed by atoms with E-state index < -0.39 is 0 Å². The first-order valence-electron chi connectivity index (χ1n) is 4.79. The summed E-state index contributed by atoms with van der Waals surface area (Å²) >= 11 is 11.7. The van der Waals surface area contributed by atoms with E-state index in [4.69, 9.17) is 23.2 Å². The number of hydrogen-bond donors (Lipinski definition) is 0. The van der Waals surface area contributed by atoms with Crippen LogP contribution in [0.4, 0.5) is 4.39 Å². The molecule has 2 rings (SSSR count). The first-order valence-corrected chi connectivity index (χ1v) is 5.54. The maximum Gasteiger partial charge on any atom is 0.125 e. The molecule has 0 aliphatic rings. The zero-order valence-corrected chi connectivity index (χ0v) is 10.1. The smallest absolute Gasteiger partial charge is 0.125 e. The molecule has 3 heteroatoms. The van der Waals surface area contributed by atoms with Crippen molar-refractivity contribution in [3.63, 3.8) is 0 Å². The van der Waals surface area contributed by atoms with Crippen molar-refractivity contribution < 1.29 is 4.39 Å². The summed E-state index contributed by atoms with van der Waals surface area (Å²) in [6.45, 7) is 1.95. The SMILES string of the molecule is Cc1ccc(Cl)cc1-c1cc(F)cc(Cl)c1. The summed E-state index contributed by atoms with van der Waals surface area (Å²) in [6, 6.07) is 9.97. The van der Waals surface area contributed by atoms with E-state index in [0.717, 1.165) is 16.7 Å². The highest BCUT2D eigenvalue weighted by atomic mass is 35.5. The molecule has 0 unspecified atom stereocenters. The molecular formula is C13H9Cl2F. The fourth-order valence-electron chi connectivity index (χ4n) is 1.61. The Hall–Kier alpha value is -1.05. The lowest BCUT2D eigenvalue weighted by atomic mass is 10.0. The van der Waals surface area contributed by atoms with Crippen LogP contribution >= 0.6 is 23.2 Å². The van der Waals surface area contributed by atoms with Crippen LogP contribution in [0.5, 0.6) is 0 Å². The maximum absolute atomic E-state index is 13.2. The number of hydrogen-bond acceptors (Lipinski definition) is 0. The van der Waals surface area contributed by atoms with Crippen molar-refractivity contribution in [2.24, 2.45) is 0 Å². The molecule has 0 saturated carbocycles. The van der Waals surface area contributed by atoms with Gasteiger partial charge >= 0.3 is 0 Å². The van der Waals surface area contributed by atoms with Gasteiger partial charge in [-0.25, -0.2) is 4.39 Å². The largest absolute Gasteiger partial charge is 0.207 e. The average molecular weight is 255 g/mol. The Morgan fingerprint density at radius 2 is 1.69 bits per heavy atom.